The number of carbonyl (C=O) groups is 3. The molecule has 0 spiro atoms. The van der Waals surface area contributed by atoms with E-state index in [-0.39, 0.29) is 63.7 Å². The molecule has 2 amide bonds. The Morgan fingerprint density at radius 2 is 2.15 bits per heavy atom. The van der Waals surface area contributed by atoms with Gasteiger partial charge in [-0.05, 0) is 37.6 Å². The number of hydrogen-bond donors (Lipinski definition) is 5. The number of carboxylic acid groups (broad SMARTS) is 1. The second-order valence-electron chi connectivity index (χ2n) is 12.6. The lowest BCUT2D eigenvalue weighted by atomic mass is 10.0. The summed E-state index contributed by atoms with van der Waals surface area (Å²) in [4.78, 5) is 48.6. The van der Waals surface area contributed by atoms with Gasteiger partial charge in [0.25, 0.3) is 11.8 Å². The van der Waals surface area contributed by atoms with Crippen LogP contribution in [0, 0.1) is 11.2 Å². The van der Waals surface area contributed by atoms with Gasteiger partial charge >= 0.3 is 0 Å². The number of thioether (sulfide) groups is 1. The average Bonchev–Trinajstić information content (AvgIpc) is 3.76. The largest absolute Gasteiger partial charge is 0.543 e. The number of aliphatic carboxylic acids is 1. The molecule has 0 saturated carbocycles. The second-order valence-corrected chi connectivity index (χ2v) is 14.9. The molecule has 3 atom stereocenters. The Balaban J connectivity index is 1.07. The first-order valence-corrected chi connectivity index (χ1v) is 18.6. The van der Waals surface area contributed by atoms with Crippen LogP contribution in [0.2, 0.25) is 5.02 Å². The first-order valence-electron chi connectivity index (χ1n) is 16.4. The summed E-state index contributed by atoms with van der Waals surface area (Å²) in [5, 5.41) is 34.1. The number of amides is 2. The lowest BCUT2D eigenvalue weighted by Gasteiger charge is -2.50. The molecule has 7 rings (SSSR count). The Hall–Kier alpha value is -5.11. The maximum Gasteiger partial charge on any atom is 0.278 e. The number of rotatable bonds is 11. The summed E-state index contributed by atoms with van der Waals surface area (Å²) in [6, 6.07) is 5.66. The molecule has 3 aliphatic rings. The van der Waals surface area contributed by atoms with Gasteiger partial charge in [0.2, 0.25) is 11.5 Å². The maximum absolute atomic E-state index is 15.5. The Bertz CT molecular complexity index is 2180. The third-order valence-corrected chi connectivity index (χ3v) is 11.3. The lowest BCUT2D eigenvalue weighted by molar-refractivity contribution is -0.687. The molecule has 53 heavy (non-hydrogen) atoms. The summed E-state index contributed by atoms with van der Waals surface area (Å²) < 4.78 is 23.1. The highest BCUT2D eigenvalue weighted by atomic mass is 35.5. The van der Waals surface area contributed by atoms with Crippen molar-refractivity contribution >= 4 is 80.3 Å². The van der Waals surface area contributed by atoms with Gasteiger partial charge < -0.3 is 41.0 Å². The van der Waals surface area contributed by atoms with E-state index in [1.54, 1.807) is 29.2 Å². The number of pyridine rings is 1. The molecule has 4 aromatic rings. The first kappa shape index (κ1) is 36.3. The number of β-lactam (4-membered cyclic amide) rings is 1. The SMILES string of the molecule is CO/N=C(\C(=O)N[C@@H]1C(=O)N2C(C(=O)[O-])=C(C[n+]3ccc4ccn(Cc5c(F)cc(C(=N)NC6CCCNC6)cc5Cl)c4c3)CS[C@H]12)c1nsc(N)n1. The standard InChI is InChI=1S/C33H33ClFN11O5S2/c1-51-42-24(28-41-33(37)53-43-28)29(47)40-25-30(48)46-26(32(49)50)18(15-52-31(25)46)12-44-7-4-16-5-8-45(23(16)14-44)13-20-21(34)9-17(10-22(20)35)27(36)39-19-3-2-6-38-11-19/h4-5,7-10,14,19,25,31,38H,2-3,6,11-13,15H2,1H3,(H5-,36,37,39,40,41,43,47,49,50)/b42-24-/t19?,25-,31-/m1/s1. The number of halogens is 2. The minimum atomic E-state index is -1.52. The van der Waals surface area contributed by atoms with Crippen molar-refractivity contribution < 1.29 is 33.3 Å². The molecule has 2 saturated heterocycles. The number of nitrogen functional groups attached to an aromatic ring is 1. The summed E-state index contributed by atoms with van der Waals surface area (Å²) >= 11 is 8.74. The van der Waals surface area contributed by atoms with Crippen molar-refractivity contribution in [3.8, 4) is 0 Å². The molecule has 276 valence electrons. The summed E-state index contributed by atoms with van der Waals surface area (Å²) in [5.74, 6) is -3.22. The van der Waals surface area contributed by atoms with E-state index in [1.165, 1.54) is 24.9 Å². The molecule has 2 fully saturated rings. The molecule has 20 heteroatoms. The van der Waals surface area contributed by atoms with Gasteiger partial charge in [-0.1, -0.05) is 16.8 Å². The third-order valence-electron chi connectivity index (χ3n) is 9.13. The van der Waals surface area contributed by atoms with Crippen LogP contribution in [-0.4, -0.2) is 91.6 Å². The highest BCUT2D eigenvalue weighted by Crippen LogP contribution is 2.40. The van der Waals surface area contributed by atoms with Gasteiger partial charge in [0.15, 0.2) is 24.1 Å². The van der Waals surface area contributed by atoms with Gasteiger partial charge in [-0.3, -0.25) is 19.9 Å². The van der Waals surface area contributed by atoms with Gasteiger partial charge in [-0.2, -0.15) is 13.9 Å². The first-order chi connectivity index (χ1) is 25.5. The molecule has 16 nitrogen and oxygen atoms in total. The van der Waals surface area contributed by atoms with Crippen LogP contribution in [0.4, 0.5) is 9.52 Å². The van der Waals surface area contributed by atoms with E-state index in [0.29, 0.717) is 11.1 Å². The number of nitrogens with one attached hydrogen (secondary N) is 4. The Morgan fingerprint density at radius 1 is 1.32 bits per heavy atom. The molecule has 0 aliphatic carbocycles. The smallest absolute Gasteiger partial charge is 0.278 e. The van der Waals surface area contributed by atoms with Gasteiger partial charge in [-0.15, -0.1) is 11.8 Å². The number of nitrogens with zero attached hydrogens (tertiary/aromatic N) is 6. The molecular weight excluding hydrogens is 749 g/mol. The molecule has 3 aliphatic heterocycles. The molecule has 3 aromatic heterocycles. The molecule has 1 unspecified atom stereocenters. The van der Waals surface area contributed by atoms with Crippen LogP contribution in [-0.2, 0) is 32.3 Å². The van der Waals surface area contributed by atoms with Crippen molar-refractivity contribution in [2.24, 2.45) is 5.16 Å². The summed E-state index contributed by atoms with van der Waals surface area (Å²) in [6.07, 6.45) is 7.31. The quantitative estimate of drug-likeness (QED) is 0.0459. The zero-order valence-electron chi connectivity index (χ0n) is 28.1. The van der Waals surface area contributed by atoms with Crippen molar-refractivity contribution in [3.63, 3.8) is 0 Å². The number of aromatic nitrogens is 4. The van der Waals surface area contributed by atoms with Crippen LogP contribution >= 0.6 is 34.9 Å². The number of anilines is 1. The zero-order valence-corrected chi connectivity index (χ0v) is 30.5. The number of oxime groups is 1. The van der Waals surface area contributed by atoms with E-state index in [1.807, 2.05) is 16.7 Å². The topological polar surface area (TPSA) is 220 Å². The van der Waals surface area contributed by atoms with Crippen LogP contribution in [0.3, 0.4) is 0 Å². The predicted octanol–water partition coefficient (Wildman–Crippen LogP) is 0.325. The minimum Gasteiger partial charge on any atom is -0.543 e. The maximum atomic E-state index is 15.5. The molecule has 6 N–H and O–H groups in total. The normalized spacial score (nSPS) is 20.2. The third kappa shape index (κ3) is 7.28. The van der Waals surface area contributed by atoms with Gasteiger partial charge in [0.05, 0.1) is 18.2 Å². The van der Waals surface area contributed by atoms with Crippen molar-refractivity contribution in [3.05, 3.63) is 81.9 Å². The summed E-state index contributed by atoms with van der Waals surface area (Å²) in [5.41, 5.74) is 6.87. The fourth-order valence-corrected chi connectivity index (χ4v) is 8.60. The number of carboxylic acids is 1. The number of amidine groups is 1. The minimum absolute atomic E-state index is 0.0761. The number of benzene rings is 1. The van der Waals surface area contributed by atoms with E-state index in [4.69, 9.17) is 27.6 Å². The number of nitrogens with two attached hydrogens (primary N) is 1. The lowest BCUT2D eigenvalue weighted by Crippen LogP contribution is -2.71. The van der Waals surface area contributed by atoms with Gasteiger partial charge in [0.1, 0.15) is 35.7 Å². The number of piperidine rings is 1. The predicted molar refractivity (Wildman–Crippen MR) is 193 cm³/mol. The summed E-state index contributed by atoms with van der Waals surface area (Å²) in [6.45, 7) is 1.89. The van der Waals surface area contributed by atoms with Crippen LogP contribution in [0.1, 0.15) is 29.8 Å². The molecule has 0 bridgehead atoms. The van der Waals surface area contributed by atoms with Crippen molar-refractivity contribution in [1.82, 2.24) is 34.8 Å². The zero-order chi connectivity index (χ0) is 37.4. The highest BCUT2D eigenvalue weighted by molar-refractivity contribution is 8.00. The van der Waals surface area contributed by atoms with Crippen LogP contribution in [0.5, 0.6) is 0 Å². The van der Waals surface area contributed by atoms with Crippen molar-refractivity contribution in [1.29, 1.82) is 5.41 Å². The van der Waals surface area contributed by atoms with E-state index in [2.05, 4.69) is 30.5 Å². The number of hydrogen-bond acceptors (Lipinski definition) is 13. The van der Waals surface area contributed by atoms with E-state index < -0.39 is 35.0 Å². The summed E-state index contributed by atoms with van der Waals surface area (Å²) in [7, 11) is 1.23. The Kier molecular flexibility index (Phi) is 10.3. The molecule has 6 heterocycles. The average molecular weight is 782 g/mol. The molecule has 0 radical (unpaired) electrons. The van der Waals surface area contributed by atoms with E-state index >= 15 is 4.39 Å². The number of fused-ring (bicyclic) bond motifs is 2. The monoisotopic (exact) mass is 781 g/mol. The van der Waals surface area contributed by atoms with Crippen LogP contribution in [0.25, 0.3) is 10.9 Å². The molecular formula is C33H33ClFN11O5S2. The number of carbonyl (C=O) groups excluding carboxylic acids is 3. The van der Waals surface area contributed by atoms with Gasteiger partial charge in [-0.25, -0.2) is 4.39 Å². The van der Waals surface area contributed by atoms with E-state index in [0.717, 1.165) is 53.3 Å². The fraction of sp³-hybridized carbons (Fsp3) is 0.333. The fourth-order valence-electron chi connectivity index (χ4n) is 6.56. The second kappa shape index (κ2) is 15.1. The highest BCUT2D eigenvalue weighted by Gasteiger charge is 2.53. The van der Waals surface area contributed by atoms with E-state index in [9.17, 15) is 19.5 Å². The molecule has 1 aromatic carbocycles. The van der Waals surface area contributed by atoms with Crippen molar-refractivity contribution in [2.75, 3.05) is 31.7 Å². The van der Waals surface area contributed by atoms with Crippen LogP contribution in [0.15, 0.2) is 59.3 Å². The Labute approximate surface area is 314 Å². The van der Waals surface area contributed by atoms with Crippen LogP contribution < -0.4 is 31.4 Å². The van der Waals surface area contributed by atoms with Gasteiger partial charge in [0, 0.05) is 69.2 Å². The van der Waals surface area contributed by atoms with Crippen molar-refractivity contribution in [2.45, 2.75) is 43.4 Å². The Morgan fingerprint density at radius 3 is 2.85 bits per heavy atom.